The van der Waals surface area contributed by atoms with E-state index in [1.165, 1.54) is 5.56 Å². The summed E-state index contributed by atoms with van der Waals surface area (Å²) in [5, 5.41) is 21.8. The minimum Gasteiger partial charge on any atom is -0.508 e. The number of aromatic amines is 6. The fourth-order valence-electron chi connectivity index (χ4n) is 15.7. The molecule has 24 heteroatoms. The normalized spacial score (nSPS) is 14.6. The van der Waals surface area contributed by atoms with E-state index >= 15 is 0 Å². The van der Waals surface area contributed by atoms with Crippen molar-refractivity contribution in [1.82, 2.24) is 39.0 Å². The number of aromatic hydroxyl groups is 1. The van der Waals surface area contributed by atoms with Gasteiger partial charge in [-0.1, -0.05) is 101 Å². The van der Waals surface area contributed by atoms with Gasteiger partial charge in [-0.3, -0.25) is 13.9 Å². The minimum atomic E-state index is -0.398. The predicted molar refractivity (Wildman–Crippen MR) is 517 cm³/mol. The number of halogens is 1. The number of nitrogens with zero attached hydrogens (tertiary/aromatic N) is 6. The van der Waals surface area contributed by atoms with Crippen LogP contribution in [-0.4, -0.2) is 107 Å². The summed E-state index contributed by atoms with van der Waals surface area (Å²) < 4.78 is 38.3. The molecule has 12 heterocycles. The van der Waals surface area contributed by atoms with Gasteiger partial charge in [0.05, 0.1) is 104 Å². The first-order valence-electron chi connectivity index (χ1n) is 42.6. The number of para-hydroxylation sites is 3. The van der Waals surface area contributed by atoms with Gasteiger partial charge in [0.1, 0.15) is 52.5 Å². The van der Waals surface area contributed by atoms with Crippen LogP contribution in [0.4, 0.5) is 10.5 Å². The van der Waals surface area contributed by atoms with Gasteiger partial charge >= 0.3 is 12.0 Å². The summed E-state index contributed by atoms with van der Waals surface area (Å²) >= 11 is 3.44. The van der Waals surface area contributed by atoms with Gasteiger partial charge in [-0.25, -0.2) is 29.6 Å². The Bertz CT molecular complexity index is 7640. The van der Waals surface area contributed by atoms with Crippen LogP contribution in [-0.2, 0) is 25.6 Å². The van der Waals surface area contributed by atoms with Gasteiger partial charge < -0.3 is 68.7 Å². The fraction of sp³-hybridized carbons (Fsp3) is 0.160. The number of aliphatic imine (C=N–C) groups is 2. The van der Waals surface area contributed by atoms with Crippen LogP contribution in [0, 0.1) is 55.4 Å². The maximum absolute atomic E-state index is 13.7. The van der Waals surface area contributed by atoms with E-state index in [-0.39, 0.29) is 30.4 Å². The Balaban J connectivity index is 0.000000128. The van der Waals surface area contributed by atoms with Gasteiger partial charge in [-0.2, -0.15) is 0 Å². The number of anilines is 1. The SMILES string of the molecule is CCOC(=O)COc1cc(=C2C=c3ccccc3=N2)[nH]/c1=C\c1[nH]c(C)cc1C.COC1=CC(c2cc3ccccc3n2C(=O)Nc2ccc(OCc3ccccc3)cc2)=N/C1=C\c1[nH]c(C)cc1C.COC1=CC(c2cc3ccccc3n2C(=O)c2ccc(Br)cc2)=N/C1=C/c1[nH]c(C)cc1C.Cc1cc(C)c(/C=c2\[nH]c(=C3C=c4ccc(O)cc4=N3)cc2OC(C)C)[nH]1. The van der Waals surface area contributed by atoms with Crippen molar-refractivity contribution in [3.63, 3.8) is 0 Å². The lowest BCUT2D eigenvalue weighted by atomic mass is 10.2. The number of aryl methyl sites for hydroxylation is 8. The molecule has 1 amide bonds. The number of esters is 1. The standard InChI is InChI=1S/C34H30N4O3.C27H22BrN3O2.C23H23N3O3.C22H23N3O2/c1-22-17-23(2)35-28(22)19-30-33(40-3)20-29(37-30)32-18-25-11-7-8-12-31(25)38(32)34(39)36-26-13-15-27(16-14-26)41-21-24-9-5-4-6-10-24;1-16-12-17(2)29-21(16)14-23-26(33-3)15-22(30-23)25-13-19-6-4-5-7-24(19)31(25)27(32)18-8-10-20(28)11-9-18;1-4-28-23(27)13-29-22-12-20(19-10-16-7-5-6-8-17(16)25-19)26-21(22)11-18-14(2)9-15(3)24-18;1-12(2)27-22-11-20(19-8-15-5-6-16(26)9-18(15)24-19)25-21(22)10-17-13(3)7-14(4)23-17/h4-20,35H,21H2,1-3H3,(H,36,39);4-15,29H,1-3H3;5-12,24,26H,4,13H2,1-3H3;5-12,23,25-26H,1-4H3/b30-19-;23-14+;20-19?,21-11-;20-19?,21-10-. The van der Waals surface area contributed by atoms with Crippen molar-refractivity contribution in [2.45, 2.75) is 88.9 Å². The van der Waals surface area contributed by atoms with Gasteiger partial charge in [0.2, 0.25) is 0 Å². The van der Waals surface area contributed by atoms with Gasteiger partial charge in [0, 0.05) is 113 Å². The number of aromatic nitrogens is 8. The van der Waals surface area contributed by atoms with Crippen LogP contribution in [0.15, 0.2) is 278 Å². The highest BCUT2D eigenvalue weighted by atomic mass is 79.9. The van der Waals surface area contributed by atoms with E-state index in [1.54, 1.807) is 42.4 Å². The lowest BCUT2D eigenvalue weighted by Crippen LogP contribution is -2.22. The molecule has 0 radical (unpaired) electrons. The summed E-state index contributed by atoms with van der Waals surface area (Å²) in [6.45, 7) is 22.8. The lowest BCUT2D eigenvalue weighted by Gasteiger charge is -2.12. The molecule has 23 nitrogen and oxygen atoms in total. The summed E-state index contributed by atoms with van der Waals surface area (Å²) in [5.74, 6) is 3.09. The average molecular weight is 1790 g/mol. The molecule has 4 aliphatic rings. The first-order chi connectivity index (χ1) is 62.8. The van der Waals surface area contributed by atoms with Crippen molar-refractivity contribution in [1.29, 1.82) is 0 Å². The number of H-pyrrole nitrogens is 6. The smallest absolute Gasteiger partial charge is 0.344 e. The molecule has 7 aromatic carbocycles. The number of amides is 1. The quantitative estimate of drug-likeness (QED) is 0.0354. The van der Waals surface area contributed by atoms with Crippen LogP contribution in [0.25, 0.3) is 69.7 Å². The van der Waals surface area contributed by atoms with Crippen molar-refractivity contribution >= 4 is 121 Å². The second-order valence-electron chi connectivity index (χ2n) is 32.1. The molecule has 0 bridgehead atoms. The monoisotopic (exact) mass is 1790 g/mol. The Labute approximate surface area is 758 Å². The maximum Gasteiger partial charge on any atom is 0.344 e. The Kier molecular flexibility index (Phi) is 26.1. The predicted octanol–water partition coefficient (Wildman–Crippen LogP) is 16.5. The molecule has 15 aromatic rings. The van der Waals surface area contributed by atoms with E-state index in [2.05, 4.69) is 107 Å². The van der Waals surface area contributed by atoms with Gasteiger partial charge in [0.15, 0.2) is 6.61 Å². The summed E-state index contributed by atoms with van der Waals surface area (Å²) in [5.41, 5.74) is 22.7. The van der Waals surface area contributed by atoms with Crippen molar-refractivity contribution in [2.24, 2.45) is 20.0 Å². The number of allylic oxidation sites excluding steroid dienone is 2. The number of nitrogens with one attached hydrogen (secondary N) is 7. The van der Waals surface area contributed by atoms with E-state index in [0.29, 0.717) is 70.2 Å². The van der Waals surface area contributed by atoms with Crippen LogP contribution in [0.1, 0.15) is 116 Å². The number of phenols is 1. The number of methoxy groups -OCH3 is 2. The Morgan fingerprint density at radius 1 is 0.485 bits per heavy atom. The first kappa shape index (κ1) is 87.8. The Morgan fingerprint density at radius 3 is 1.49 bits per heavy atom. The van der Waals surface area contributed by atoms with Crippen molar-refractivity contribution in [3.8, 4) is 23.0 Å². The van der Waals surface area contributed by atoms with E-state index in [0.717, 1.165) is 165 Å². The molecular formula is C106H98BrN13O10. The number of fused-ring (bicyclic) bond motifs is 4. The molecule has 0 atom stereocenters. The first-order valence-corrected chi connectivity index (χ1v) is 43.4. The highest BCUT2D eigenvalue weighted by Gasteiger charge is 2.27. The van der Waals surface area contributed by atoms with Crippen LogP contribution >= 0.6 is 15.9 Å². The third kappa shape index (κ3) is 20.1. The van der Waals surface area contributed by atoms with Crippen LogP contribution in [0.5, 0.6) is 23.0 Å². The Morgan fingerprint density at radius 2 is 0.969 bits per heavy atom. The second kappa shape index (κ2) is 38.6. The molecule has 19 rings (SSSR count). The summed E-state index contributed by atoms with van der Waals surface area (Å²) in [6.07, 6.45) is 15.9. The van der Waals surface area contributed by atoms with Crippen LogP contribution in [0.2, 0.25) is 0 Å². The van der Waals surface area contributed by atoms with Gasteiger partial charge in [0.25, 0.3) is 5.91 Å². The third-order valence-electron chi connectivity index (χ3n) is 21.9. The lowest BCUT2D eigenvalue weighted by molar-refractivity contribution is -0.145. The molecule has 0 saturated heterocycles. The molecule has 0 saturated carbocycles. The van der Waals surface area contributed by atoms with Crippen LogP contribution in [0.3, 0.4) is 0 Å². The molecule has 654 valence electrons. The zero-order valence-corrected chi connectivity index (χ0v) is 75.9. The highest BCUT2D eigenvalue weighted by molar-refractivity contribution is 9.10. The largest absolute Gasteiger partial charge is 0.508 e. The van der Waals surface area contributed by atoms with Crippen LogP contribution < -0.4 is 62.1 Å². The van der Waals surface area contributed by atoms with Gasteiger partial charge in [-0.05, 0) is 256 Å². The molecule has 0 spiro atoms. The number of phenolic OH excluding ortho intramolecular Hbond substituents is 1. The highest BCUT2D eigenvalue weighted by Crippen LogP contribution is 2.33. The topological polar surface area (TPSA) is 293 Å². The number of rotatable bonds is 19. The summed E-state index contributed by atoms with van der Waals surface area (Å²) in [6, 6.07) is 69.5. The van der Waals surface area contributed by atoms with E-state index < -0.39 is 5.97 Å². The number of hydrogen-bond donors (Lipinski definition) is 8. The van der Waals surface area contributed by atoms with E-state index in [1.807, 2.05) is 273 Å². The minimum absolute atomic E-state index is 0.0657. The zero-order chi connectivity index (χ0) is 91.0. The number of carbonyl (C=O) groups is 3. The van der Waals surface area contributed by atoms with Crippen molar-refractivity contribution < 1.29 is 47.9 Å². The van der Waals surface area contributed by atoms with E-state index in [4.69, 9.17) is 43.4 Å². The summed E-state index contributed by atoms with van der Waals surface area (Å²) in [4.78, 5) is 78.4. The molecule has 130 heavy (non-hydrogen) atoms. The molecule has 0 unspecified atom stereocenters. The molecule has 8 N–H and O–H groups in total. The molecule has 0 aliphatic carbocycles. The maximum atomic E-state index is 13.7. The number of hydrogen-bond acceptors (Lipinski definition) is 14. The fourth-order valence-corrected chi connectivity index (χ4v) is 16.0. The number of carbonyl (C=O) groups excluding carboxylic acids is 3. The number of ether oxygens (including phenoxy) is 6. The van der Waals surface area contributed by atoms with E-state index in [9.17, 15) is 19.5 Å². The molecule has 4 aliphatic heterocycles. The third-order valence-corrected chi connectivity index (χ3v) is 22.4. The Hall–Kier alpha value is -15.7. The average Bonchev–Trinajstić information content (AvgIpc) is 1.60. The summed E-state index contributed by atoms with van der Waals surface area (Å²) in [7, 11) is 3.26. The molecule has 8 aromatic heterocycles. The van der Waals surface area contributed by atoms with Gasteiger partial charge in [-0.15, -0.1) is 0 Å². The van der Waals surface area contributed by atoms with Crippen molar-refractivity contribution in [2.75, 3.05) is 32.8 Å². The second-order valence-corrected chi connectivity index (χ2v) is 33.0. The zero-order valence-electron chi connectivity index (χ0n) is 74.3. The molecule has 0 fully saturated rings. The van der Waals surface area contributed by atoms with Crippen molar-refractivity contribution in [3.05, 3.63) is 391 Å². The number of benzene rings is 7. The molecular weight excluding hydrogens is 1700 g/mol.